The van der Waals surface area contributed by atoms with Crippen LogP contribution in [0.15, 0.2) is 36.4 Å². The summed E-state index contributed by atoms with van der Waals surface area (Å²) in [6.45, 7) is 0. The highest BCUT2D eigenvalue weighted by Gasteiger charge is 2.13. The Morgan fingerprint density at radius 2 is 1.76 bits per heavy atom. The first-order valence-electron chi connectivity index (χ1n) is 5.34. The molecule has 0 aromatic heterocycles. The van der Waals surface area contributed by atoms with E-state index in [0.29, 0.717) is 11.3 Å². The molecule has 0 fully saturated rings. The second-order valence-electron chi connectivity index (χ2n) is 4.09. The van der Waals surface area contributed by atoms with Crippen molar-refractivity contribution in [1.82, 2.24) is 4.90 Å². The Morgan fingerprint density at radius 3 is 2.29 bits per heavy atom. The SMILES string of the molecule is CN(C)C(=O)c1cc2ccccc2cc1NN. The fourth-order valence-electron chi connectivity index (χ4n) is 1.78. The molecule has 0 saturated heterocycles. The molecule has 0 unspecified atom stereocenters. The number of anilines is 1. The van der Waals surface area contributed by atoms with E-state index in [1.165, 1.54) is 4.90 Å². The van der Waals surface area contributed by atoms with E-state index in [2.05, 4.69) is 5.43 Å². The summed E-state index contributed by atoms with van der Waals surface area (Å²) in [7, 11) is 3.44. The molecule has 0 aliphatic carbocycles. The van der Waals surface area contributed by atoms with Crippen LogP contribution in [0, 0.1) is 0 Å². The van der Waals surface area contributed by atoms with E-state index < -0.39 is 0 Å². The zero-order chi connectivity index (χ0) is 12.4. The van der Waals surface area contributed by atoms with E-state index in [-0.39, 0.29) is 5.91 Å². The lowest BCUT2D eigenvalue weighted by Gasteiger charge is -2.14. The Balaban J connectivity index is 2.65. The number of nitrogens with two attached hydrogens (primary N) is 1. The summed E-state index contributed by atoms with van der Waals surface area (Å²) in [6.07, 6.45) is 0. The van der Waals surface area contributed by atoms with Crippen LogP contribution in [0.2, 0.25) is 0 Å². The van der Waals surface area contributed by atoms with E-state index in [4.69, 9.17) is 5.84 Å². The number of nitrogens with one attached hydrogen (secondary N) is 1. The highest BCUT2D eigenvalue weighted by molar-refractivity contribution is 6.04. The third kappa shape index (κ3) is 2.07. The van der Waals surface area contributed by atoms with Gasteiger partial charge in [0.15, 0.2) is 0 Å². The second-order valence-corrected chi connectivity index (χ2v) is 4.09. The monoisotopic (exact) mass is 229 g/mol. The largest absolute Gasteiger partial charge is 0.345 e. The summed E-state index contributed by atoms with van der Waals surface area (Å²) in [5.41, 5.74) is 3.80. The molecule has 4 heteroatoms. The predicted octanol–water partition coefficient (Wildman–Crippen LogP) is 1.83. The van der Waals surface area contributed by atoms with Crippen molar-refractivity contribution in [2.75, 3.05) is 19.5 Å². The molecule has 1 amide bonds. The van der Waals surface area contributed by atoms with Crippen molar-refractivity contribution in [3.63, 3.8) is 0 Å². The summed E-state index contributed by atoms with van der Waals surface area (Å²) in [4.78, 5) is 13.5. The Kier molecular flexibility index (Phi) is 2.97. The fourth-order valence-corrected chi connectivity index (χ4v) is 1.78. The minimum Gasteiger partial charge on any atom is -0.345 e. The number of amides is 1. The molecule has 0 heterocycles. The first kappa shape index (κ1) is 11.4. The van der Waals surface area contributed by atoms with Gasteiger partial charge >= 0.3 is 0 Å². The van der Waals surface area contributed by atoms with Gasteiger partial charge in [-0.15, -0.1) is 0 Å². The van der Waals surface area contributed by atoms with Crippen molar-refractivity contribution in [3.8, 4) is 0 Å². The number of fused-ring (bicyclic) bond motifs is 1. The highest BCUT2D eigenvalue weighted by atomic mass is 16.2. The quantitative estimate of drug-likeness (QED) is 0.610. The number of hydrogen-bond acceptors (Lipinski definition) is 3. The van der Waals surface area contributed by atoms with Crippen molar-refractivity contribution >= 4 is 22.4 Å². The van der Waals surface area contributed by atoms with Crippen LogP contribution in [-0.4, -0.2) is 24.9 Å². The zero-order valence-corrected chi connectivity index (χ0v) is 9.90. The van der Waals surface area contributed by atoms with Crippen LogP contribution >= 0.6 is 0 Å². The van der Waals surface area contributed by atoms with Crippen molar-refractivity contribution in [3.05, 3.63) is 42.0 Å². The molecule has 0 aliphatic rings. The number of rotatable bonds is 2. The van der Waals surface area contributed by atoms with Crippen molar-refractivity contribution in [2.45, 2.75) is 0 Å². The molecular formula is C13H15N3O. The average Bonchev–Trinajstić information content (AvgIpc) is 2.36. The van der Waals surface area contributed by atoms with E-state index >= 15 is 0 Å². The van der Waals surface area contributed by atoms with Crippen molar-refractivity contribution in [2.24, 2.45) is 5.84 Å². The molecule has 0 bridgehead atoms. The number of hydrogen-bond donors (Lipinski definition) is 2. The maximum atomic E-state index is 12.0. The molecule has 2 aromatic rings. The number of carbonyl (C=O) groups is 1. The third-order valence-electron chi connectivity index (χ3n) is 2.68. The van der Waals surface area contributed by atoms with Gasteiger partial charge < -0.3 is 10.3 Å². The zero-order valence-electron chi connectivity index (χ0n) is 9.90. The lowest BCUT2D eigenvalue weighted by atomic mass is 10.0. The highest BCUT2D eigenvalue weighted by Crippen LogP contribution is 2.24. The Labute approximate surface area is 100.0 Å². The van der Waals surface area contributed by atoms with Crippen LogP contribution in [0.3, 0.4) is 0 Å². The summed E-state index contributed by atoms with van der Waals surface area (Å²) in [5.74, 6) is 5.39. The molecule has 3 N–H and O–H groups in total. The van der Waals surface area contributed by atoms with E-state index in [0.717, 1.165) is 10.8 Å². The standard InChI is InChI=1S/C13H15N3O/c1-16(2)13(17)11-7-9-5-3-4-6-10(9)8-12(11)15-14/h3-8,15H,14H2,1-2H3. The van der Waals surface area contributed by atoms with Gasteiger partial charge in [-0.2, -0.15) is 0 Å². The molecule has 2 rings (SSSR count). The van der Waals surface area contributed by atoms with Gasteiger partial charge in [-0.3, -0.25) is 10.6 Å². The molecule has 0 radical (unpaired) electrons. The van der Waals surface area contributed by atoms with E-state index in [9.17, 15) is 4.79 Å². The third-order valence-corrected chi connectivity index (χ3v) is 2.68. The van der Waals surface area contributed by atoms with Crippen molar-refractivity contribution < 1.29 is 4.79 Å². The topological polar surface area (TPSA) is 58.4 Å². The Hall–Kier alpha value is -2.07. The molecule has 0 spiro atoms. The average molecular weight is 229 g/mol. The van der Waals surface area contributed by atoms with Crippen LogP contribution in [0.5, 0.6) is 0 Å². The Bertz CT molecular complexity index is 564. The van der Waals surface area contributed by atoms with Gasteiger partial charge in [-0.25, -0.2) is 0 Å². The summed E-state index contributed by atoms with van der Waals surface area (Å²) in [6, 6.07) is 11.6. The van der Waals surface area contributed by atoms with Gasteiger partial charge in [0.25, 0.3) is 5.91 Å². The normalized spacial score (nSPS) is 10.3. The minimum absolute atomic E-state index is 0.0660. The number of nitrogen functional groups attached to an aromatic ring is 1. The molecule has 17 heavy (non-hydrogen) atoms. The smallest absolute Gasteiger partial charge is 0.255 e. The summed E-state index contributed by atoms with van der Waals surface area (Å²) >= 11 is 0. The lowest BCUT2D eigenvalue weighted by molar-refractivity contribution is 0.0828. The molecular weight excluding hydrogens is 214 g/mol. The fraction of sp³-hybridized carbons (Fsp3) is 0.154. The van der Waals surface area contributed by atoms with Crippen LogP contribution in [0.1, 0.15) is 10.4 Å². The van der Waals surface area contributed by atoms with Crippen molar-refractivity contribution in [1.29, 1.82) is 0 Å². The summed E-state index contributed by atoms with van der Waals surface area (Å²) in [5, 5.41) is 2.08. The Morgan fingerprint density at radius 1 is 1.18 bits per heavy atom. The van der Waals surface area contributed by atoms with Crippen LogP contribution in [-0.2, 0) is 0 Å². The van der Waals surface area contributed by atoms with Gasteiger partial charge in [0.2, 0.25) is 0 Å². The lowest BCUT2D eigenvalue weighted by Crippen LogP contribution is -2.23. The molecule has 0 aliphatic heterocycles. The first-order chi connectivity index (χ1) is 8.13. The molecule has 4 nitrogen and oxygen atoms in total. The van der Waals surface area contributed by atoms with Crippen LogP contribution in [0.4, 0.5) is 5.69 Å². The van der Waals surface area contributed by atoms with Gasteiger partial charge in [0.05, 0.1) is 11.3 Å². The number of nitrogens with zero attached hydrogens (tertiary/aromatic N) is 1. The molecule has 2 aromatic carbocycles. The maximum absolute atomic E-state index is 12.0. The van der Waals surface area contributed by atoms with E-state index in [1.54, 1.807) is 14.1 Å². The minimum atomic E-state index is -0.0660. The first-order valence-corrected chi connectivity index (χ1v) is 5.34. The van der Waals surface area contributed by atoms with Gasteiger partial charge in [-0.05, 0) is 22.9 Å². The van der Waals surface area contributed by atoms with Crippen LogP contribution < -0.4 is 11.3 Å². The summed E-state index contributed by atoms with van der Waals surface area (Å²) < 4.78 is 0. The van der Waals surface area contributed by atoms with Gasteiger partial charge in [0.1, 0.15) is 0 Å². The number of hydrazine groups is 1. The molecule has 0 atom stereocenters. The number of benzene rings is 2. The van der Waals surface area contributed by atoms with E-state index in [1.807, 2.05) is 36.4 Å². The second kappa shape index (κ2) is 4.43. The number of carbonyl (C=O) groups excluding carboxylic acids is 1. The van der Waals surface area contributed by atoms with Gasteiger partial charge in [0, 0.05) is 14.1 Å². The molecule has 0 saturated carbocycles. The molecule has 88 valence electrons. The predicted molar refractivity (Wildman–Crippen MR) is 69.8 cm³/mol. The van der Waals surface area contributed by atoms with Crippen LogP contribution in [0.25, 0.3) is 10.8 Å². The van der Waals surface area contributed by atoms with Gasteiger partial charge in [-0.1, -0.05) is 24.3 Å². The maximum Gasteiger partial charge on any atom is 0.255 e.